The Morgan fingerprint density at radius 1 is 1.22 bits per heavy atom. The third-order valence-electron chi connectivity index (χ3n) is 4.65. The summed E-state index contributed by atoms with van der Waals surface area (Å²) in [6.07, 6.45) is 0. The fourth-order valence-corrected chi connectivity index (χ4v) is 3.34. The highest BCUT2D eigenvalue weighted by Crippen LogP contribution is 2.18. The number of hydrogen-bond acceptors (Lipinski definition) is 5. The van der Waals surface area contributed by atoms with Gasteiger partial charge in [-0.15, -0.1) is 0 Å². The number of nitrogens with one attached hydrogen (secondary N) is 2. The summed E-state index contributed by atoms with van der Waals surface area (Å²) in [6, 6.07) is 10.3. The number of fused-ring (bicyclic) bond motifs is 1. The molecule has 0 aliphatic heterocycles. The van der Waals surface area contributed by atoms with Gasteiger partial charge in [0, 0.05) is 24.6 Å². The van der Waals surface area contributed by atoms with Gasteiger partial charge in [0.2, 0.25) is 11.8 Å². The highest BCUT2D eigenvalue weighted by atomic mass is 35.5. The first-order chi connectivity index (χ1) is 15.3. The van der Waals surface area contributed by atoms with Gasteiger partial charge in [0.15, 0.2) is 5.69 Å². The Bertz CT molecular complexity index is 1170. The van der Waals surface area contributed by atoms with E-state index in [4.69, 9.17) is 22.1 Å². The van der Waals surface area contributed by atoms with E-state index < -0.39 is 29.6 Å². The molecule has 168 valence electrons. The highest BCUT2D eigenvalue weighted by molar-refractivity contribution is 6.30. The second kappa shape index (κ2) is 10.2. The second-order valence-electron chi connectivity index (χ2n) is 6.89. The lowest BCUT2D eigenvalue weighted by Gasteiger charge is -2.18. The molecular weight excluding hydrogens is 441 g/mol. The van der Waals surface area contributed by atoms with Crippen LogP contribution in [0.3, 0.4) is 0 Å². The molecule has 0 saturated carbocycles. The van der Waals surface area contributed by atoms with E-state index in [9.17, 15) is 18.8 Å². The van der Waals surface area contributed by atoms with Crippen LogP contribution < -0.4 is 16.4 Å². The van der Waals surface area contributed by atoms with Gasteiger partial charge in [0.1, 0.15) is 18.4 Å². The zero-order valence-electron chi connectivity index (χ0n) is 17.1. The molecule has 3 rings (SSSR count). The van der Waals surface area contributed by atoms with E-state index >= 15 is 0 Å². The number of nitrogens with two attached hydrogens (primary N) is 1. The normalized spacial score (nSPS) is 11.8. The van der Waals surface area contributed by atoms with Gasteiger partial charge in [0.05, 0.1) is 17.1 Å². The molecular formula is C21H21ClFN5O4. The fourth-order valence-electron chi connectivity index (χ4n) is 3.15. The van der Waals surface area contributed by atoms with Gasteiger partial charge in [0.25, 0.3) is 5.91 Å². The molecule has 1 aromatic heterocycles. The topological polar surface area (TPSA) is 128 Å². The Kier molecular flexibility index (Phi) is 7.39. The lowest BCUT2D eigenvalue weighted by atomic mass is 10.2. The summed E-state index contributed by atoms with van der Waals surface area (Å²) in [4.78, 5) is 36.8. The highest BCUT2D eigenvalue weighted by Gasteiger charge is 2.22. The Hall–Kier alpha value is -3.50. The predicted octanol–water partition coefficient (Wildman–Crippen LogP) is 1.38. The molecule has 3 aromatic rings. The lowest BCUT2D eigenvalue weighted by molar-refractivity contribution is -0.130. The SMILES string of the molecule is COCC(NC(=O)Cn1nc(C(N)=O)c2ccccc21)C(=O)NCc1cccc(Cl)c1F. The molecule has 0 saturated heterocycles. The van der Waals surface area contributed by atoms with Gasteiger partial charge in [-0.2, -0.15) is 5.10 Å². The smallest absolute Gasteiger partial charge is 0.269 e. The van der Waals surface area contributed by atoms with Crippen LogP contribution in [0, 0.1) is 5.82 Å². The van der Waals surface area contributed by atoms with Crippen LogP contribution in [-0.4, -0.2) is 47.3 Å². The van der Waals surface area contributed by atoms with Gasteiger partial charge in [-0.05, 0) is 12.1 Å². The van der Waals surface area contributed by atoms with Gasteiger partial charge in [-0.1, -0.05) is 41.9 Å². The molecule has 1 heterocycles. The first-order valence-corrected chi connectivity index (χ1v) is 9.93. The van der Waals surface area contributed by atoms with E-state index in [0.717, 1.165) is 0 Å². The summed E-state index contributed by atoms with van der Waals surface area (Å²) in [5.74, 6) is -2.45. The quantitative estimate of drug-likeness (QED) is 0.443. The number of benzene rings is 2. The van der Waals surface area contributed by atoms with Crippen molar-refractivity contribution in [1.82, 2.24) is 20.4 Å². The zero-order valence-corrected chi connectivity index (χ0v) is 17.9. The number of rotatable bonds is 9. The van der Waals surface area contributed by atoms with Crippen LogP contribution in [0.4, 0.5) is 4.39 Å². The molecule has 4 N–H and O–H groups in total. The van der Waals surface area contributed by atoms with Crippen LogP contribution in [0.25, 0.3) is 10.9 Å². The number of para-hydroxylation sites is 1. The maximum absolute atomic E-state index is 14.0. The summed E-state index contributed by atoms with van der Waals surface area (Å²) in [7, 11) is 1.38. The van der Waals surface area contributed by atoms with Crippen LogP contribution >= 0.6 is 11.6 Å². The average Bonchev–Trinajstić information content (AvgIpc) is 3.13. The van der Waals surface area contributed by atoms with Crippen molar-refractivity contribution in [2.45, 2.75) is 19.1 Å². The third-order valence-corrected chi connectivity index (χ3v) is 4.95. The Morgan fingerprint density at radius 3 is 2.69 bits per heavy atom. The number of hydrogen-bond donors (Lipinski definition) is 3. The Labute approximate surface area is 187 Å². The van der Waals surface area contributed by atoms with Crippen molar-refractivity contribution in [1.29, 1.82) is 0 Å². The van der Waals surface area contributed by atoms with Crippen molar-refractivity contribution in [3.63, 3.8) is 0 Å². The maximum Gasteiger partial charge on any atom is 0.269 e. The van der Waals surface area contributed by atoms with Gasteiger partial charge in [-0.25, -0.2) is 4.39 Å². The lowest BCUT2D eigenvalue weighted by Crippen LogP contribution is -2.50. The number of amides is 3. The maximum atomic E-state index is 14.0. The van der Waals surface area contributed by atoms with Crippen molar-refractivity contribution >= 4 is 40.2 Å². The number of carbonyl (C=O) groups excluding carboxylic acids is 3. The summed E-state index contributed by atoms with van der Waals surface area (Å²) in [6.45, 7) is -0.487. The third kappa shape index (κ3) is 5.21. The first-order valence-electron chi connectivity index (χ1n) is 9.56. The molecule has 1 atom stereocenters. The van der Waals surface area contributed by atoms with Gasteiger partial charge < -0.3 is 21.1 Å². The number of carbonyl (C=O) groups is 3. The number of ether oxygens (including phenoxy) is 1. The second-order valence-corrected chi connectivity index (χ2v) is 7.30. The minimum atomic E-state index is -1.04. The van der Waals surface area contributed by atoms with E-state index in [1.165, 1.54) is 23.9 Å². The first kappa shape index (κ1) is 23.2. The van der Waals surface area contributed by atoms with Crippen molar-refractivity contribution in [3.05, 3.63) is 64.6 Å². The molecule has 9 nitrogen and oxygen atoms in total. The minimum absolute atomic E-state index is 0.0446. The van der Waals surface area contributed by atoms with Crippen LogP contribution in [0.2, 0.25) is 5.02 Å². The summed E-state index contributed by atoms with van der Waals surface area (Å²) in [5, 5.41) is 9.69. The Balaban J connectivity index is 1.69. The molecule has 2 aromatic carbocycles. The van der Waals surface area contributed by atoms with Gasteiger partial charge in [-0.3, -0.25) is 19.1 Å². The zero-order chi connectivity index (χ0) is 23.3. The fraction of sp³-hybridized carbons (Fsp3) is 0.238. The van der Waals surface area contributed by atoms with Crippen molar-refractivity contribution in [2.75, 3.05) is 13.7 Å². The monoisotopic (exact) mass is 461 g/mol. The number of methoxy groups -OCH3 is 1. The van der Waals surface area contributed by atoms with E-state index in [1.54, 1.807) is 30.3 Å². The molecule has 0 spiro atoms. The number of primary amides is 1. The summed E-state index contributed by atoms with van der Waals surface area (Å²) >= 11 is 5.75. The molecule has 0 aliphatic rings. The van der Waals surface area contributed by atoms with E-state index in [1.807, 2.05) is 0 Å². The van der Waals surface area contributed by atoms with Crippen molar-refractivity contribution in [2.24, 2.45) is 5.73 Å². The molecule has 1 unspecified atom stereocenters. The summed E-state index contributed by atoms with van der Waals surface area (Å²) in [5.41, 5.74) is 6.16. The van der Waals surface area contributed by atoms with E-state index in [-0.39, 0.29) is 36.0 Å². The van der Waals surface area contributed by atoms with Gasteiger partial charge >= 0.3 is 0 Å². The molecule has 0 radical (unpaired) electrons. The predicted molar refractivity (Wildman–Crippen MR) is 115 cm³/mol. The van der Waals surface area contributed by atoms with Crippen LogP contribution in [0.5, 0.6) is 0 Å². The molecule has 0 bridgehead atoms. The van der Waals surface area contributed by atoms with E-state index in [2.05, 4.69) is 15.7 Å². The van der Waals surface area contributed by atoms with Crippen LogP contribution in [-0.2, 0) is 27.4 Å². The molecule has 11 heteroatoms. The molecule has 3 amide bonds. The standard InChI is InChI=1S/C21H21ClFN5O4/c1-32-11-15(21(31)25-9-12-5-4-7-14(22)18(12)23)26-17(29)10-28-16-8-3-2-6-13(16)19(27-28)20(24)30/h2-8,15H,9-11H2,1H3,(H2,24,30)(H,25,31)(H,26,29). The summed E-state index contributed by atoms with van der Waals surface area (Å²) < 4.78 is 20.4. The van der Waals surface area contributed by atoms with Crippen molar-refractivity contribution < 1.29 is 23.5 Å². The Morgan fingerprint density at radius 2 is 1.97 bits per heavy atom. The average molecular weight is 462 g/mol. The van der Waals surface area contributed by atoms with Crippen molar-refractivity contribution in [3.8, 4) is 0 Å². The number of halogens is 2. The van der Waals surface area contributed by atoms with Crippen LogP contribution in [0.1, 0.15) is 16.1 Å². The van der Waals surface area contributed by atoms with Crippen LogP contribution in [0.15, 0.2) is 42.5 Å². The molecule has 0 fully saturated rings. The molecule has 0 aliphatic carbocycles. The minimum Gasteiger partial charge on any atom is -0.382 e. The number of nitrogens with zero attached hydrogens (tertiary/aromatic N) is 2. The molecule has 32 heavy (non-hydrogen) atoms. The van der Waals surface area contributed by atoms with E-state index in [0.29, 0.717) is 10.9 Å². The number of aromatic nitrogens is 2. The largest absolute Gasteiger partial charge is 0.382 e.